The lowest BCUT2D eigenvalue weighted by Gasteiger charge is -2.08. The highest BCUT2D eigenvalue weighted by Gasteiger charge is 2.08. The van der Waals surface area contributed by atoms with E-state index in [0.717, 1.165) is 22.2 Å². The summed E-state index contributed by atoms with van der Waals surface area (Å²) in [5.74, 6) is -0.0883. The molecule has 0 aliphatic carbocycles. The predicted octanol–water partition coefficient (Wildman–Crippen LogP) is 3.62. The highest BCUT2D eigenvalue weighted by molar-refractivity contribution is 5.93. The Bertz CT molecular complexity index is 887. The Labute approximate surface area is 135 Å². The molecule has 0 bridgehead atoms. The maximum atomic E-state index is 12.2. The van der Waals surface area contributed by atoms with Crippen molar-refractivity contribution in [3.8, 4) is 0 Å². The van der Waals surface area contributed by atoms with E-state index in [0.29, 0.717) is 11.4 Å². The number of nitrogens with zero attached hydrogens (tertiary/aromatic N) is 1. The minimum Gasteiger partial charge on any atom is -0.397 e. The van der Waals surface area contributed by atoms with Crippen molar-refractivity contribution in [2.24, 2.45) is 0 Å². The molecule has 0 spiro atoms. The normalized spacial score (nSPS) is 10.7. The van der Waals surface area contributed by atoms with Gasteiger partial charge in [-0.15, -0.1) is 0 Å². The molecule has 3 N–H and O–H groups in total. The second-order valence-corrected chi connectivity index (χ2v) is 5.75. The largest absolute Gasteiger partial charge is 0.397 e. The van der Waals surface area contributed by atoms with Crippen LogP contribution < -0.4 is 11.1 Å². The standard InChI is InChI=1S/C19H19N3O/c1-12-6-8-15(10-13(12)2)21-18(23)11-16-9-7-14-4-3-5-17(20)19(14)22-16/h3-10H,11,20H2,1-2H3,(H,21,23). The van der Waals surface area contributed by atoms with Crippen molar-refractivity contribution in [3.63, 3.8) is 0 Å². The molecule has 3 rings (SSSR count). The van der Waals surface area contributed by atoms with Gasteiger partial charge in [0.05, 0.1) is 23.3 Å². The van der Waals surface area contributed by atoms with Crippen LogP contribution in [-0.4, -0.2) is 10.9 Å². The molecule has 2 aromatic carbocycles. The zero-order valence-electron chi connectivity index (χ0n) is 13.3. The molecule has 0 fully saturated rings. The van der Waals surface area contributed by atoms with Gasteiger partial charge in [0.1, 0.15) is 0 Å². The summed E-state index contributed by atoms with van der Waals surface area (Å²) in [6, 6.07) is 15.3. The number of benzene rings is 2. The fraction of sp³-hybridized carbons (Fsp3) is 0.158. The van der Waals surface area contributed by atoms with Crippen molar-refractivity contribution in [2.45, 2.75) is 20.3 Å². The summed E-state index contributed by atoms with van der Waals surface area (Å²) in [5, 5.41) is 3.89. The van der Waals surface area contributed by atoms with Crippen LogP contribution in [0.15, 0.2) is 48.5 Å². The van der Waals surface area contributed by atoms with E-state index in [1.54, 1.807) is 0 Å². The molecule has 0 saturated carbocycles. The minimum atomic E-state index is -0.0883. The fourth-order valence-corrected chi connectivity index (χ4v) is 2.50. The number of carbonyl (C=O) groups is 1. The summed E-state index contributed by atoms with van der Waals surface area (Å²) in [6.45, 7) is 4.07. The Morgan fingerprint density at radius 3 is 2.70 bits per heavy atom. The number of hydrogen-bond donors (Lipinski definition) is 2. The first-order valence-corrected chi connectivity index (χ1v) is 7.54. The van der Waals surface area contributed by atoms with Crippen molar-refractivity contribution in [1.82, 2.24) is 4.98 Å². The Kier molecular flexibility index (Phi) is 3.98. The lowest BCUT2D eigenvalue weighted by Crippen LogP contribution is -2.15. The molecule has 116 valence electrons. The van der Waals surface area contributed by atoms with Crippen LogP contribution in [-0.2, 0) is 11.2 Å². The first-order valence-electron chi connectivity index (χ1n) is 7.54. The van der Waals surface area contributed by atoms with Crippen LogP contribution in [0.4, 0.5) is 11.4 Å². The van der Waals surface area contributed by atoms with Crippen LogP contribution in [0.1, 0.15) is 16.8 Å². The predicted molar refractivity (Wildman–Crippen MR) is 94.4 cm³/mol. The van der Waals surface area contributed by atoms with Crippen LogP contribution >= 0.6 is 0 Å². The summed E-state index contributed by atoms with van der Waals surface area (Å²) < 4.78 is 0. The van der Waals surface area contributed by atoms with Gasteiger partial charge in [-0.05, 0) is 49.2 Å². The lowest BCUT2D eigenvalue weighted by molar-refractivity contribution is -0.115. The van der Waals surface area contributed by atoms with Gasteiger partial charge in [-0.25, -0.2) is 0 Å². The topological polar surface area (TPSA) is 68.0 Å². The van der Waals surface area contributed by atoms with E-state index in [1.165, 1.54) is 5.56 Å². The Morgan fingerprint density at radius 1 is 1.09 bits per heavy atom. The Balaban J connectivity index is 1.77. The van der Waals surface area contributed by atoms with Gasteiger partial charge in [0.15, 0.2) is 0 Å². The van der Waals surface area contributed by atoms with Gasteiger partial charge in [-0.3, -0.25) is 9.78 Å². The van der Waals surface area contributed by atoms with Gasteiger partial charge in [-0.2, -0.15) is 0 Å². The van der Waals surface area contributed by atoms with Gasteiger partial charge in [-0.1, -0.05) is 24.3 Å². The molecule has 0 aliphatic rings. The SMILES string of the molecule is Cc1ccc(NC(=O)Cc2ccc3cccc(N)c3n2)cc1C. The zero-order chi connectivity index (χ0) is 16.4. The third-order valence-electron chi connectivity index (χ3n) is 3.94. The van der Waals surface area contributed by atoms with E-state index in [9.17, 15) is 4.79 Å². The van der Waals surface area contributed by atoms with Crippen molar-refractivity contribution in [3.05, 3.63) is 65.4 Å². The molecule has 0 saturated heterocycles. The zero-order valence-corrected chi connectivity index (χ0v) is 13.3. The molecule has 4 nitrogen and oxygen atoms in total. The quantitative estimate of drug-likeness (QED) is 0.726. The molecule has 4 heteroatoms. The van der Waals surface area contributed by atoms with E-state index < -0.39 is 0 Å². The van der Waals surface area contributed by atoms with Crippen molar-refractivity contribution in [2.75, 3.05) is 11.1 Å². The summed E-state index contributed by atoms with van der Waals surface area (Å²) in [6.07, 6.45) is 0.219. The first kappa shape index (κ1) is 15.0. The number of aromatic nitrogens is 1. The molecule has 0 radical (unpaired) electrons. The summed E-state index contributed by atoms with van der Waals surface area (Å²) >= 11 is 0. The number of rotatable bonds is 3. The number of fused-ring (bicyclic) bond motifs is 1. The van der Waals surface area contributed by atoms with Crippen molar-refractivity contribution < 1.29 is 4.79 Å². The van der Waals surface area contributed by atoms with Crippen LogP contribution in [0.3, 0.4) is 0 Å². The molecule has 1 amide bonds. The lowest BCUT2D eigenvalue weighted by atomic mass is 10.1. The highest BCUT2D eigenvalue weighted by Crippen LogP contribution is 2.19. The summed E-state index contributed by atoms with van der Waals surface area (Å²) in [4.78, 5) is 16.7. The number of nitrogen functional groups attached to an aromatic ring is 1. The maximum absolute atomic E-state index is 12.2. The van der Waals surface area contributed by atoms with Crippen LogP contribution in [0.25, 0.3) is 10.9 Å². The van der Waals surface area contributed by atoms with E-state index in [4.69, 9.17) is 5.73 Å². The van der Waals surface area contributed by atoms with Crippen molar-refractivity contribution in [1.29, 1.82) is 0 Å². The fourth-order valence-electron chi connectivity index (χ4n) is 2.50. The molecule has 3 aromatic rings. The number of nitrogens with one attached hydrogen (secondary N) is 1. The molecular weight excluding hydrogens is 286 g/mol. The summed E-state index contributed by atoms with van der Waals surface area (Å²) in [5.41, 5.74) is 11.2. The first-order chi connectivity index (χ1) is 11.0. The minimum absolute atomic E-state index is 0.0883. The van der Waals surface area contributed by atoms with Crippen molar-refractivity contribution >= 4 is 28.2 Å². The number of amides is 1. The number of para-hydroxylation sites is 1. The van der Waals surface area contributed by atoms with Gasteiger partial charge in [0.25, 0.3) is 0 Å². The molecule has 1 aromatic heterocycles. The van der Waals surface area contributed by atoms with Crippen LogP contribution in [0.2, 0.25) is 0 Å². The molecule has 23 heavy (non-hydrogen) atoms. The monoisotopic (exact) mass is 305 g/mol. The molecule has 0 atom stereocenters. The second-order valence-electron chi connectivity index (χ2n) is 5.75. The highest BCUT2D eigenvalue weighted by atomic mass is 16.1. The number of aryl methyl sites for hydroxylation is 2. The van der Waals surface area contributed by atoms with Gasteiger partial charge in [0, 0.05) is 11.1 Å². The number of carbonyl (C=O) groups excluding carboxylic acids is 1. The van der Waals surface area contributed by atoms with Gasteiger partial charge >= 0.3 is 0 Å². The van der Waals surface area contributed by atoms with E-state index >= 15 is 0 Å². The average Bonchev–Trinajstić information content (AvgIpc) is 2.52. The van der Waals surface area contributed by atoms with E-state index in [-0.39, 0.29) is 12.3 Å². The molecule has 0 aliphatic heterocycles. The van der Waals surface area contributed by atoms with Crippen LogP contribution in [0, 0.1) is 13.8 Å². The Hall–Kier alpha value is -2.88. The molecular formula is C19H19N3O. The van der Waals surface area contributed by atoms with E-state index in [1.807, 2.05) is 62.4 Å². The van der Waals surface area contributed by atoms with E-state index in [2.05, 4.69) is 10.3 Å². The summed E-state index contributed by atoms with van der Waals surface area (Å²) in [7, 11) is 0. The van der Waals surface area contributed by atoms with Crippen LogP contribution in [0.5, 0.6) is 0 Å². The Morgan fingerprint density at radius 2 is 1.91 bits per heavy atom. The average molecular weight is 305 g/mol. The smallest absolute Gasteiger partial charge is 0.230 e. The number of anilines is 2. The molecule has 0 unspecified atom stereocenters. The third-order valence-corrected chi connectivity index (χ3v) is 3.94. The van der Waals surface area contributed by atoms with Gasteiger partial charge in [0.2, 0.25) is 5.91 Å². The third kappa shape index (κ3) is 3.31. The maximum Gasteiger partial charge on any atom is 0.230 e. The number of nitrogens with two attached hydrogens (primary N) is 1. The second kappa shape index (κ2) is 6.08. The number of hydrogen-bond acceptors (Lipinski definition) is 3. The number of pyridine rings is 1. The molecule has 1 heterocycles. The van der Waals surface area contributed by atoms with Gasteiger partial charge < -0.3 is 11.1 Å².